The molecule has 1 aromatic rings. The van der Waals surface area contributed by atoms with Crippen LogP contribution < -0.4 is 0 Å². The van der Waals surface area contributed by atoms with Crippen LogP contribution in [0.1, 0.15) is 31.7 Å². The van der Waals surface area contributed by atoms with Gasteiger partial charge in [-0.25, -0.2) is 4.39 Å². The molecule has 0 aliphatic heterocycles. The Morgan fingerprint density at radius 3 is 2.40 bits per heavy atom. The molecule has 4 atom stereocenters. The molecule has 1 nitrogen and oxygen atoms in total. The third kappa shape index (κ3) is 1.67. The predicted octanol–water partition coefficient (Wildman–Crippen LogP) is 2.95. The topological polar surface area (TPSA) is 20.2 Å². The molecule has 1 N–H and O–H groups in total. The van der Waals surface area contributed by atoms with E-state index in [-0.39, 0.29) is 11.9 Å². The van der Waals surface area contributed by atoms with Gasteiger partial charge in [0, 0.05) is 0 Å². The molecule has 0 heterocycles. The lowest BCUT2D eigenvalue weighted by atomic mass is 9.59. The van der Waals surface area contributed by atoms with Crippen LogP contribution in [0, 0.1) is 17.7 Å². The zero-order chi connectivity index (χ0) is 11.0. The van der Waals surface area contributed by atoms with Gasteiger partial charge in [-0.3, -0.25) is 0 Å². The summed E-state index contributed by atoms with van der Waals surface area (Å²) in [6.07, 6.45) is 0.790. The normalized spacial score (nSPS) is 34.9. The highest BCUT2D eigenvalue weighted by Gasteiger charge is 2.46. The standard InChI is InChI=1S/C13H17FO/c1-3-11-12(8(2)13(11)15)9-4-6-10(14)7-5-9/h4-8,11-13,15H,3H2,1-2H3. The maximum absolute atomic E-state index is 12.8. The highest BCUT2D eigenvalue weighted by Crippen LogP contribution is 2.49. The molecule has 1 aromatic carbocycles. The number of hydrogen-bond acceptors (Lipinski definition) is 1. The molecule has 1 aliphatic carbocycles. The summed E-state index contributed by atoms with van der Waals surface area (Å²) in [7, 11) is 0. The fraction of sp³-hybridized carbons (Fsp3) is 0.538. The molecule has 0 spiro atoms. The second-order valence-electron chi connectivity index (χ2n) is 4.50. The highest BCUT2D eigenvalue weighted by molar-refractivity contribution is 5.26. The van der Waals surface area contributed by atoms with Gasteiger partial charge >= 0.3 is 0 Å². The summed E-state index contributed by atoms with van der Waals surface area (Å²) in [5.41, 5.74) is 1.15. The van der Waals surface area contributed by atoms with E-state index < -0.39 is 0 Å². The van der Waals surface area contributed by atoms with Crippen molar-refractivity contribution in [3.05, 3.63) is 35.6 Å². The minimum Gasteiger partial charge on any atom is -0.393 e. The van der Waals surface area contributed by atoms with Crippen LogP contribution in [0.3, 0.4) is 0 Å². The van der Waals surface area contributed by atoms with Gasteiger partial charge in [0.05, 0.1) is 6.10 Å². The van der Waals surface area contributed by atoms with E-state index in [1.165, 1.54) is 12.1 Å². The predicted molar refractivity (Wildman–Crippen MR) is 58.1 cm³/mol. The maximum atomic E-state index is 12.8. The van der Waals surface area contributed by atoms with Crippen LogP contribution in [0.25, 0.3) is 0 Å². The number of hydrogen-bond donors (Lipinski definition) is 1. The van der Waals surface area contributed by atoms with Crippen molar-refractivity contribution in [3.8, 4) is 0 Å². The molecular formula is C13H17FO. The number of rotatable bonds is 2. The molecule has 0 radical (unpaired) electrons. The highest BCUT2D eigenvalue weighted by atomic mass is 19.1. The van der Waals surface area contributed by atoms with E-state index in [4.69, 9.17) is 0 Å². The van der Waals surface area contributed by atoms with Crippen molar-refractivity contribution in [2.45, 2.75) is 32.3 Å². The number of halogens is 1. The van der Waals surface area contributed by atoms with Gasteiger partial charge in [-0.1, -0.05) is 32.4 Å². The lowest BCUT2D eigenvalue weighted by molar-refractivity contribution is -0.0583. The third-order valence-electron chi connectivity index (χ3n) is 3.73. The van der Waals surface area contributed by atoms with Gasteiger partial charge in [-0.05, 0) is 35.4 Å². The molecule has 2 heteroatoms. The van der Waals surface area contributed by atoms with Crippen LogP contribution in [0.15, 0.2) is 24.3 Å². The van der Waals surface area contributed by atoms with E-state index in [0.29, 0.717) is 17.8 Å². The van der Waals surface area contributed by atoms with Crippen LogP contribution >= 0.6 is 0 Å². The summed E-state index contributed by atoms with van der Waals surface area (Å²) in [6, 6.07) is 6.68. The first-order chi connectivity index (χ1) is 7.15. The van der Waals surface area contributed by atoms with Gasteiger partial charge in [0.1, 0.15) is 5.82 Å². The Labute approximate surface area is 89.9 Å². The minimum absolute atomic E-state index is 0.190. The number of benzene rings is 1. The summed E-state index contributed by atoms with van der Waals surface area (Å²) >= 11 is 0. The zero-order valence-electron chi connectivity index (χ0n) is 9.15. The Balaban J connectivity index is 2.20. The molecule has 0 saturated heterocycles. The molecule has 2 rings (SSSR count). The molecule has 1 saturated carbocycles. The molecule has 0 amide bonds. The van der Waals surface area contributed by atoms with Crippen molar-refractivity contribution in [1.29, 1.82) is 0 Å². The Morgan fingerprint density at radius 2 is 1.87 bits per heavy atom. The summed E-state index contributed by atoms with van der Waals surface area (Å²) in [5.74, 6) is 0.829. The second-order valence-corrected chi connectivity index (χ2v) is 4.50. The fourth-order valence-electron chi connectivity index (χ4n) is 2.79. The number of aliphatic hydroxyl groups is 1. The van der Waals surface area contributed by atoms with Gasteiger partial charge in [-0.2, -0.15) is 0 Å². The molecule has 0 aromatic heterocycles. The molecule has 1 aliphatic rings. The van der Waals surface area contributed by atoms with E-state index in [0.717, 1.165) is 12.0 Å². The van der Waals surface area contributed by atoms with Crippen LogP contribution in [-0.4, -0.2) is 11.2 Å². The van der Waals surface area contributed by atoms with Crippen molar-refractivity contribution >= 4 is 0 Å². The molecule has 15 heavy (non-hydrogen) atoms. The lowest BCUT2D eigenvalue weighted by Crippen LogP contribution is -2.47. The maximum Gasteiger partial charge on any atom is 0.123 e. The lowest BCUT2D eigenvalue weighted by Gasteiger charge is -2.48. The third-order valence-corrected chi connectivity index (χ3v) is 3.73. The van der Waals surface area contributed by atoms with E-state index >= 15 is 0 Å². The molecule has 0 bridgehead atoms. The summed E-state index contributed by atoms with van der Waals surface area (Å²) < 4.78 is 12.8. The van der Waals surface area contributed by atoms with Gasteiger partial charge in [0.25, 0.3) is 0 Å². The molecule has 82 valence electrons. The largest absolute Gasteiger partial charge is 0.393 e. The Kier molecular flexibility index (Phi) is 2.79. The van der Waals surface area contributed by atoms with Crippen molar-refractivity contribution in [1.82, 2.24) is 0 Å². The molecule has 1 fully saturated rings. The van der Waals surface area contributed by atoms with Crippen molar-refractivity contribution in [2.75, 3.05) is 0 Å². The molecule has 4 unspecified atom stereocenters. The minimum atomic E-state index is -0.195. The van der Waals surface area contributed by atoms with Crippen molar-refractivity contribution in [2.24, 2.45) is 11.8 Å². The van der Waals surface area contributed by atoms with E-state index in [1.807, 2.05) is 12.1 Å². The Bertz CT molecular complexity index is 333. The van der Waals surface area contributed by atoms with Gasteiger partial charge in [-0.15, -0.1) is 0 Å². The van der Waals surface area contributed by atoms with E-state index in [9.17, 15) is 9.50 Å². The van der Waals surface area contributed by atoms with Crippen LogP contribution in [0.4, 0.5) is 4.39 Å². The second kappa shape index (κ2) is 3.93. The first-order valence-electron chi connectivity index (χ1n) is 5.58. The van der Waals surface area contributed by atoms with Crippen LogP contribution in [0.2, 0.25) is 0 Å². The van der Waals surface area contributed by atoms with Crippen molar-refractivity contribution in [3.63, 3.8) is 0 Å². The van der Waals surface area contributed by atoms with Crippen molar-refractivity contribution < 1.29 is 9.50 Å². The monoisotopic (exact) mass is 208 g/mol. The van der Waals surface area contributed by atoms with Gasteiger partial charge in [0.15, 0.2) is 0 Å². The first kappa shape index (κ1) is 10.6. The average molecular weight is 208 g/mol. The van der Waals surface area contributed by atoms with Crippen LogP contribution in [0.5, 0.6) is 0 Å². The Hall–Kier alpha value is -0.890. The fourth-order valence-corrected chi connectivity index (χ4v) is 2.79. The summed E-state index contributed by atoms with van der Waals surface area (Å²) in [5, 5.41) is 9.79. The number of aliphatic hydroxyl groups excluding tert-OH is 1. The molecular weight excluding hydrogens is 191 g/mol. The smallest absolute Gasteiger partial charge is 0.123 e. The Morgan fingerprint density at radius 1 is 1.27 bits per heavy atom. The quantitative estimate of drug-likeness (QED) is 0.792. The van der Waals surface area contributed by atoms with E-state index in [1.54, 1.807) is 0 Å². The van der Waals surface area contributed by atoms with Gasteiger partial charge < -0.3 is 5.11 Å². The average Bonchev–Trinajstić information content (AvgIpc) is 2.26. The SMILES string of the molecule is CCC1C(O)C(C)C1c1ccc(F)cc1. The zero-order valence-corrected chi connectivity index (χ0v) is 9.15. The summed E-state index contributed by atoms with van der Waals surface area (Å²) in [6.45, 7) is 4.15. The van der Waals surface area contributed by atoms with Gasteiger partial charge in [0.2, 0.25) is 0 Å². The van der Waals surface area contributed by atoms with E-state index in [2.05, 4.69) is 13.8 Å². The van der Waals surface area contributed by atoms with Crippen LogP contribution in [-0.2, 0) is 0 Å². The first-order valence-corrected chi connectivity index (χ1v) is 5.58. The summed E-state index contributed by atoms with van der Waals surface area (Å²) in [4.78, 5) is 0.